The second-order valence-corrected chi connectivity index (χ2v) is 2.63. The van der Waals surface area contributed by atoms with E-state index in [1.165, 1.54) is 12.1 Å². The van der Waals surface area contributed by atoms with Crippen molar-refractivity contribution < 1.29 is 14.5 Å². The van der Waals surface area contributed by atoms with Gasteiger partial charge in [-0.3, -0.25) is 4.79 Å². The highest BCUT2D eigenvalue weighted by Gasteiger charge is 2.16. The fourth-order valence-electron chi connectivity index (χ4n) is 0.911. The van der Waals surface area contributed by atoms with Crippen molar-refractivity contribution >= 4 is 17.9 Å². The zero-order chi connectivity index (χ0) is 8.55. The molecular formula is C7H4ClNO3. The first-order valence-corrected chi connectivity index (χ1v) is 3.56. The molecule has 1 aliphatic heterocycles. The third-order valence-corrected chi connectivity index (χ3v) is 1.82. The molecule has 1 N–H and O–H groups in total. The first-order valence-electron chi connectivity index (χ1n) is 3.18. The van der Waals surface area contributed by atoms with Gasteiger partial charge in [0.05, 0.1) is 5.02 Å². The number of fused-ring (bicyclic) bond motifs is 1. The lowest BCUT2D eigenvalue weighted by atomic mass is 10.2. The third kappa shape index (κ3) is 1.01. The van der Waals surface area contributed by atoms with Gasteiger partial charge in [-0.2, -0.15) is 0 Å². The lowest BCUT2D eigenvalue weighted by molar-refractivity contribution is 0.0259. The molecule has 0 radical (unpaired) electrons. The van der Waals surface area contributed by atoms with Crippen LogP contribution in [-0.4, -0.2) is 6.29 Å². The molecule has 0 aromatic heterocycles. The molecule has 0 spiro atoms. The van der Waals surface area contributed by atoms with Crippen LogP contribution in [0.4, 0.5) is 0 Å². The average Bonchev–Trinajstić information content (AvgIpc) is 2.49. The van der Waals surface area contributed by atoms with E-state index >= 15 is 0 Å². The smallest absolute Gasteiger partial charge is 0.197 e. The topological polar surface area (TPSA) is 47.6 Å². The highest BCUT2D eigenvalue weighted by Crippen LogP contribution is 2.34. The van der Waals surface area contributed by atoms with Gasteiger partial charge < -0.3 is 9.68 Å². The van der Waals surface area contributed by atoms with Gasteiger partial charge in [-0.25, -0.2) is 0 Å². The fourth-order valence-corrected chi connectivity index (χ4v) is 1.11. The van der Waals surface area contributed by atoms with Crippen molar-refractivity contribution in [3.8, 4) is 11.5 Å². The number of benzene rings is 1. The van der Waals surface area contributed by atoms with E-state index < -0.39 is 0 Å². The number of carbonyl (C=O) groups is 1. The molecule has 5 heteroatoms. The number of halogens is 1. The Balaban J connectivity index is 2.56. The summed E-state index contributed by atoms with van der Waals surface area (Å²) < 4.78 is 0. The summed E-state index contributed by atoms with van der Waals surface area (Å²) in [5.74, 6) is 0.937. The minimum atomic E-state index is 0.344. The maximum Gasteiger partial charge on any atom is 0.197 e. The van der Waals surface area contributed by atoms with E-state index in [0.717, 1.165) is 0 Å². The molecule has 0 atom stereocenters. The highest BCUT2D eigenvalue weighted by molar-refractivity contribution is 6.33. The van der Waals surface area contributed by atoms with Crippen LogP contribution in [0.2, 0.25) is 5.02 Å². The van der Waals surface area contributed by atoms with Crippen molar-refractivity contribution in [2.24, 2.45) is 0 Å². The molecule has 1 aromatic rings. The first-order chi connectivity index (χ1) is 5.81. The van der Waals surface area contributed by atoms with Crippen LogP contribution in [0.15, 0.2) is 12.1 Å². The number of carbonyl (C=O) groups excluding carboxylic acids is 1. The zero-order valence-corrected chi connectivity index (χ0v) is 6.59. The van der Waals surface area contributed by atoms with E-state index in [-0.39, 0.29) is 0 Å². The minimum Gasteiger partial charge on any atom is -0.370 e. The van der Waals surface area contributed by atoms with Crippen LogP contribution in [0.1, 0.15) is 10.4 Å². The Hall–Kier alpha value is -1.26. The summed E-state index contributed by atoms with van der Waals surface area (Å²) in [4.78, 5) is 20.0. The summed E-state index contributed by atoms with van der Waals surface area (Å²) in [6.07, 6.45) is 0.657. The Bertz CT molecular complexity index is 340. The fraction of sp³-hybridized carbons (Fsp3) is 0. The standard InChI is InChI=1S/C7H4ClNO3/c8-5-2-7-6(11-9-12-7)1-4(5)3-10/h1-3,9H. The molecular weight excluding hydrogens is 182 g/mol. The van der Waals surface area contributed by atoms with E-state index in [9.17, 15) is 4.79 Å². The molecule has 62 valence electrons. The van der Waals surface area contributed by atoms with E-state index in [4.69, 9.17) is 21.3 Å². The summed E-state index contributed by atoms with van der Waals surface area (Å²) in [7, 11) is 0. The predicted octanol–water partition coefficient (Wildman–Crippen LogP) is 1.34. The average molecular weight is 186 g/mol. The second-order valence-electron chi connectivity index (χ2n) is 2.23. The third-order valence-electron chi connectivity index (χ3n) is 1.49. The Labute approximate surface area is 72.9 Å². The summed E-state index contributed by atoms with van der Waals surface area (Å²) in [6, 6.07) is 3.02. The maximum atomic E-state index is 10.4. The molecule has 0 fully saturated rings. The Kier molecular flexibility index (Phi) is 1.64. The van der Waals surface area contributed by atoms with Gasteiger partial charge in [0, 0.05) is 17.3 Å². The summed E-state index contributed by atoms with van der Waals surface area (Å²) in [5, 5.41) is 0.344. The SMILES string of the molecule is O=Cc1cc2c(cc1Cl)ONO2. The lowest BCUT2D eigenvalue weighted by Crippen LogP contribution is -2.14. The van der Waals surface area contributed by atoms with E-state index in [1.807, 2.05) is 0 Å². The number of hydrogen-bond donors (Lipinski definition) is 1. The van der Waals surface area contributed by atoms with Crippen LogP contribution in [-0.2, 0) is 0 Å². The van der Waals surface area contributed by atoms with Crippen molar-refractivity contribution in [1.82, 2.24) is 5.64 Å². The van der Waals surface area contributed by atoms with Crippen molar-refractivity contribution in [2.75, 3.05) is 0 Å². The number of nitrogens with one attached hydrogen (secondary N) is 1. The van der Waals surface area contributed by atoms with E-state index in [1.54, 1.807) is 0 Å². The van der Waals surface area contributed by atoms with Crippen molar-refractivity contribution in [3.63, 3.8) is 0 Å². The van der Waals surface area contributed by atoms with Gasteiger partial charge in [-0.05, 0) is 6.07 Å². The monoisotopic (exact) mass is 185 g/mol. The van der Waals surface area contributed by atoms with Crippen molar-refractivity contribution in [2.45, 2.75) is 0 Å². The Morgan fingerprint density at radius 1 is 1.33 bits per heavy atom. The first kappa shape index (κ1) is 7.39. The van der Waals surface area contributed by atoms with Crippen molar-refractivity contribution in [1.29, 1.82) is 0 Å². The Morgan fingerprint density at radius 2 is 2.00 bits per heavy atom. The van der Waals surface area contributed by atoms with E-state index in [2.05, 4.69) is 5.64 Å². The van der Waals surface area contributed by atoms with Gasteiger partial charge in [0.15, 0.2) is 17.8 Å². The van der Waals surface area contributed by atoms with Crippen LogP contribution in [0, 0.1) is 0 Å². The number of aldehydes is 1. The van der Waals surface area contributed by atoms with Gasteiger partial charge in [-0.15, -0.1) is 0 Å². The summed E-state index contributed by atoms with van der Waals surface area (Å²) in [6.45, 7) is 0. The van der Waals surface area contributed by atoms with Gasteiger partial charge >= 0.3 is 0 Å². The molecule has 1 heterocycles. The Morgan fingerprint density at radius 3 is 2.67 bits per heavy atom. The van der Waals surface area contributed by atoms with Crippen LogP contribution in [0.25, 0.3) is 0 Å². The van der Waals surface area contributed by atoms with Crippen molar-refractivity contribution in [3.05, 3.63) is 22.7 Å². The molecule has 12 heavy (non-hydrogen) atoms. The molecule has 4 nitrogen and oxygen atoms in total. The lowest BCUT2D eigenvalue weighted by Gasteiger charge is -1.96. The molecule has 1 aromatic carbocycles. The zero-order valence-electron chi connectivity index (χ0n) is 5.83. The molecule has 0 saturated heterocycles. The molecule has 0 unspecified atom stereocenters. The number of rotatable bonds is 1. The van der Waals surface area contributed by atoms with Gasteiger partial charge in [0.1, 0.15) is 0 Å². The van der Waals surface area contributed by atoms with Gasteiger partial charge in [0.25, 0.3) is 0 Å². The summed E-state index contributed by atoms with van der Waals surface area (Å²) >= 11 is 5.71. The maximum absolute atomic E-state index is 10.4. The number of hydrogen-bond acceptors (Lipinski definition) is 4. The molecule has 1 aliphatic rings. The largest absolute Gasteiger partial charge is 0.370 e. The quantitative estimate of drug-likeness (QED) is 0.671. The molecule has 0 bridgehead atoms. The molecule has 0 amide bonds. The second kappa shape index (κ2) is 2.66. The van der Waals surface area contributed by atoms with Crippen LogP contribution in [0.3, 0.4) is 0 Å². The van der Waals surface area contributed by atoms with Crippen LogP contribution < -0.4 is 15.3 Å². The minimum absolute atomic E-state index is 0.344. The predicted molar refractivity (Wildman–Crippen MR) is 41.2 cm³/mol. The van der Waals surface area contributed by atoms with Crippen LogP contribution >= 0.6 is 11.6 Å². The summed E-state index contributed by atoms with van der Waals surface area (Å²) in [5.41, 5.74) is 2.57. The highest BCUT2D eigenvalue weighted by atomic mass is 35.5. The normalized spacial score (nSPS) is 13.1. The van der Waals surface area contributed by atoms with E-state index in [0.29, 0.717) is 28.4 Å². The van der Waals surface area contributed by atoms with Gasteiger partial charge in [-0.1, -0.05) is 11.6 Å². The van der Waals surface area contributed by atoms with Crippen LogP contribution in [0.5, 0.6) is 11.5 Å². The molecule has 0 aliphatic carbocycles. The van der Waals surface area contributed by atoms with Gasteiger partial charge in [0.2, 0.25) is 0 Å². The molecule has 2 rings (SSSR count). The molecule has 0 saturated carbocycles.